The van der Waals surface area contributed by atoms with Crippen molar-refractivity contribution in [1.82, 2.24) is 14.9 Å². The Morgan fingerprint density at radius 3 is 3.00 bits per heavy atom. The maximum Gasteiger partial charge on any atom is 0.235 e. The van der Waals surface area contributed by atoms with Gasteiger partial charge in [-0.15, -0.1) is 21.5 Å². The minimum absolute atomic E-state index is 0.109. The van der Waals surface area contributed by atoms with Crippen LogP contribution >= 0.6 is 34.7 Å². The Bertz CT molecular complexity index is 1120. The van der Waals surface area contributed by atoms with Crippen molar-refractivity contribution in [1.29, 1.82) is 5.26 Å². The third-order valence-electron chi connectivity index (χ3n) is 4.62. The molecule has 1 aliphatic rings. The summed E-state index contributed by atoms with van der Waals surface area (Å²) in [6.45, 7) is 0. The highest BCUT2D eigenvalue weighted by Crippen LogP contribution is 2.37. The van der Waals surface area contributed by atoms with E-state index in [0.29, 0.717) is 26.6 Å². The van der Waals surface area contributed by atoms with E-state index < -0.39 is 0 Å². The summed E-state index contributed by atoms with van der Waals surface area (Å²) in [5.41, 5.74) is 2.44. The van der Waals surface area contributed by atoms with Gasteiger partial charge in [0.1, 0.15) is 11.1 Å². The number of carbonyl (C=O) groups is 1. The molecule has 148 valence electrons. The van der Waals surface area contributed by atoms with Gasteiger partial charge in [-0.25, -0.2) is 4.68 Å². The maximum absolute atomic E-state index is 12.4. The molecule has 0 spiro atoms. The Labute approximate surface area is 180 Å². The molecule has 3 N–H and O–H groups in total. The number of thiophene rings is 1. The molecule has 3 aromatic rings. The van der Waals surface area contributed by atoms with Crippen LogP contribution in [0.3, 0.4) is 0 Å². The minimum atomic E-state index is -0.211. The summed E-state index contributed by atoms with van der Waals surface area (Å²) in [4.78, 5) is 13.7. The quantitative estimate of drug-likeness (QED) is 0.456. The summed E-state index contributed by atoms with van der Waals surface area (Å²) in [6.07, 6.45) is 4.09. The molecular formula is C19H17ClN6OS2. The zero-order valence-electron chi connectivity index (χ0n) is 15.3. The lowest BCUT2D eigenvalue weighted by atomic mass is 9.96. The Balaban J connectivity index is 1.43. The molecular weight excluding hydrogens is 428 g/mol. The van der Waals surface area contributed by atoms with Crippen molar-refractivity contribution < 1.29 is 4.79 Å². The second kappa shape index (κ2) is 8.45. The number of aromatic nitrogens is 3. The van der Waals surface area contributed by atoms with Gasteiger partial charge in [0, 0.05) is 15.5 Å². The van der Waals surface area contributed by atoms with Crippen LogP contribution in [0, 0.1) is 11.3 Å². The van der Waals surface area contributed by atoms with Gasteiger partial charge < -0.3 is 11.2 Å². The van der Waals surface area contributed by atoms with Gasteiger partial charge in [-0.3, -0.25) is 4.79 Å². The Hall–Kier alpha value is -2.54. The molecule has 1 aliphatic carbocycles. The van der Waals surface area contributed by atoms with Gasteiger partial charge >= 0.3 is 0 Å². The number of benzene rings is 1. The second-order valence-electron chi connectivity index (χ2n) is 6.55. The molecule has 10 heteroatoms. The van der Waals surface area contributed by atoms with Crippen molar-refractivity contribution in [3.63, 3.8) is 0 Å². The van der Waals surface area contributed by atoms with Gasteiger partial charge in [-0.1, -0.05) is 35.5 Å². The number of nitrogens with two attached hydrogens (primary N) is 1. The summed E-state index contributed by atoms with van der Waals surface area (Å²) in [5, 5.41) is 22.2. The molecule has 0 unspecified atom stereocenters. The number of carbonyl (C=O) groups excluding carboxylic acids is 1. The SMILES string of the molecule is N#Cc1c(NC(=O)CSc2nnc(-c3cccc(Cl)c3)n2N)sc2c1CCCC2. The van der Waals surface area contributed by atoms with Crippen molar-refractivity contribution in [2.45, 2.75) is 30.8 Å². The van der Waals surface area contributed by atoms with Gasteiger partial charge in [0.05, 0.1) is 11.3 Å². The molecule has 0 aliphatic heterocycles. The standard InChI is InChI=1S/C19H17ClN6OS2/c20-12-5-3-4-11(8-12)17-24-25-19(26(17)22)28-10-16(27)23-18-14(9-21)13-6-1-2-7-15(13)29-18/h3-5,8H,1-2,6-7,10,22H2,(H,23,27). The number of nitriles is 1. The van der Waals surface area contributed by atoms with Gasteiger partial charge in [0.15, 0.2) is 5.82 Å². The fraction of sp³-hybridized carbons (Fsp3) is 0.263. The third kappa shape index (κ3) is 4.10. The van der Waals surface area contributed by atoms with Crippen LogP contribution in [0.15, 0.2) is 29.4 Å². The fourth-order valence-corrected chi connectivity index (χ4v) is 5.37. The summed E-state index contributed by atoms with van der Waals surface area (Å²) >= 11 is 8.71. The highest BCUT2D eigenvalue weighted by Gasteiger charge is 2.22. The normalized spacial score (nSPS) is 13.0. The van der Waals surface area contributed by atoms with Gasteiger partial charge in [-0.05, 0) is 43.4 Å². The van der Waals surface area contributed by atoms with Crippen molar-refractivity contribution in [3.05, 3.63) is 45.3 Å². The topological polar surface area (TPSA) is 110 Å². The Kier molecular flexibility index (Phi) is 5.76. The first-order valence-electron chi connectivity index (χ1n) is 9.00. The fourth-order valence-electron chi connectivity index (χ4n) is 3.26. The van der Waals surface area contributed by atoms with E-state index in [0.717, 1.165) is 36.8 Å². The first-order valence-corrected chi connectivity index (χ1v) is 11.2. The van der Waals surface area contributed by atoms with Crippen molar-refractivity contribution in [2.24, 2.45) is 0 Å². The lowest BCUT2D eigenvalue weighted by Gasteiger charge is -2.09. The number of hydrogen-bond donors (Lipinski definition) is 2. The number of rotatable bonds is 5. The molecule has 0 saturated heterocycles. The number of fused-ring (bicyclic) bond motifs is 1. The first kappa shape index (κ1) is 19.8. The average Bonchev–Trinajstić information content (AvgIpc) is 3.25. The molecule has 1 aromatic carbocycles. The summed E-state index contributed by atoms with van der Waals surface area (Å²) < 4.78 is 1.34. The summed E-state index contributed by atoms with van der Waals surface area (Å²) in [7, 11) is 0. The van der Waals surface area contributed by atoms with E-state index in [-0.39, 0.29) is 11.7 Å². The van der Waals surface area contributed by atoms with Gasteiger partial charge in [-0.2, -0.15) is 5.26 Å². The van der Waals surface area contributed by atoms with Crippen molar-refractivity contribution in [3.8, 4) is 17.5 Å². The maximum atomic E-state index is 12.4. The van der Waals surface area contributed by atoms with E-state index in [9.17, 15) is 10.1 Å². The largest absolute Gasteiger partial charge is 0.335 e. The third-order valence-corrected chi connectivity index (χ3v) is 7.00. The molecule has 0 saturated carbocycles. The second-order valence-corrected chi connectivity index (χ2v) is 9.03. The van der Waals surface area contributed by atoms with Crippen LogP contribution in [-0.4, -0.2) is 26.5 Å². The van der Waals surface area contributed by atoms with Crippen LogP contribution in [0.2, 0.25) is 5.02 Å². The summed E-state index contributed by atoms with van der Waals surface area (Å²) in [6, 6.07) is 9.40. The van der Waals surface area contributed by atoms with Crippen LogP contribution in [0.4, 0.5) is 5.00 Å². The molecule has 1 amide bonds. The van der Waals surface area contributed by atoms with Crippen LogP contribution < -0.4 is 11.2 Å². The number of thioether (sulfide) groups is 1. The van der Waals surface area contributed by atoms with E-state index >= 15 is 0 Å². The number of nitrogen functional groups attached to an aromatic ring is 1. The number of anilines is 1. The zero-order chi connectivity index (χ0) is 20.4. The van der Waals surface area contributed by atoms with E-state index in [4.69, 9.17) is 17.4 Å². The predicted molar refractivity (Wildman–Crippen MR) is 116 cm³/mol. The first-order chi connectivity index (χ1) is 14.1. The number of nitrogens with one attached hydrogen (secondary N) is 1. The number of nitrogens with zero attached hydrogens (tertiary/aromatic N) is 4. The van der Waals surface area contributed by atoms with E-state index in [1.54, 1.807) is 18.2 Å². The minimum Gasteiger partial charge on any atom is -0.335 e. The summed E-state index contributed by atoms with van der Waals surface area (Å²) in [5.74, 6) is 6.46. The predicted octanol–water partition coefficient (Wildman–Crippen LogP) is 3.86. The average molecular weight is 445 g/mol. The number of aryl methyl sites for hydroxylation is 1. The van der Waals surface area contributed by atoms with E-state index in [1.165, 1.54) is 32.7 Å². The molecule has 0 bridgehead atoms. The van der Waals surface area contributed by atoms with Crippen LogP contribution in [0.1, 0.15) is 28.8 Å². The van der Waals surface area contributed by atoms with Crippen LogP contribution in [0.5, 0.6) is 0 Å². The van der Waals surface area contributed by atoms with Gasteiger partial charge in [0.2, 0.25) is 11.1 Å². The highest BCUT2D eigenvalue weighted by atomic mass is 35.5. The molecule has 0 radical (unpaired) electrons. The van der Waals surface area contributed by atoms with Crippen LogP contribution in [-0.2, 0) is 17.6 Å². The smallest absolute Gasteiger partial charge is 0.235 e. The molecule has 29 heavy (non-hydrogen) atoms. The molecule has 2 aromatic heterocycles. The van der Waals surface area contributed by atoms with Gasteiger partial charge in [0.25, 0.3) is 0 Å². The highest BCUT2D eigenvalue weighted by molar-refractivity contribution is 7.99. The number of hydrogen-bond acceptors (Lipinski definition) is 7. The van der Waals surface area contributed by atoms with Crippen LogP contribution in [0.25, 0.3) is 11.4 Å². The monoisotopic (exact) mass is 444 g/mol. The Morgan fingerprint density at radius 1 is 1.38 bits per heavy atom. The van der Waals surface area contributed by atoms with Crippen molar-refractivity contribution in [2.75, 3.05) is 16.9 Å². The number of halogens is 1. The molecule has 4 rings (SSSR count). The lowest BCUT2D eigenvalue weighted by Crippen LogP contribution is -2.16. The van der Waals surface area contributed by atoms with Crippen molar-refractivity contribution >= 4 is 45.6 Å². The number of amides is 1. The molecule has 2 heterocycles. The molecule has 0 atom stereocenters. The van der Waals surface area contributed by atoms with E-state index in [1.807, 2.05) is 6.07 Å². The molecule has 0 fully saturated rings. The van der Waals surface area contributed by atoms with E-state index in [2.05, 4.69) is 21.6 Å². The zero-order valence-corrected chi connectivity index (χ0v) is 17.7. The lowest BCUT2D eigenvalue weighted by molar-refractivity contribution is -0.113. The Morgan fingerprint density at radius 2 is 2.21 bits per heavy atom. The molecule has 7 nitrogen and oxygen atoms in total.